The number of hydrogen-bond acceptors (Lipinski definition) is 4. The van der Waals surface area contributed by atoms with Crippen LogP contribution in [0.3, 0.4) is 0 Å². The van der Waals surface area contributed by atoms with Gasteiger partial charge in [-0.25, -0.2) is 9.37 Å². The molecule has 0 saturated heterocycles. The van der Waals surface area contributed by atoms with Crippen LogP contribution in [0.25, 0.3) is 0 Å². The highest BCUT2D eigenvalue weighted by Crippen LogP contribution is 2.25. The molecular formula is C12H12ClFN4. The predicted octanol–water partition coefficient (Wildman–Crippen LogP) is 3.36. The molecule has 0 saturated carbocycles. The summed E-state index contributed by atoms with van der Waals surface area (Å²) in [5, 5.41) is 5.98. The molecule has 2 rings (SSSR count). The summed E-state index contributed by atoms with van der Waals surface area (Å²) >= 11 is 5.96. The number of hydrogen-bond donors (Lipinski definition) is 2. The fraction of sp³-hybridized carbons (Fsp3) is 0.167. The van der Waals surface area contributed by atoms with Gasteiger partial charge in [-0.15, -0.1) is 0 Å². The number of aryl methyl sites for hydroxylation is 1. The van der Waals surface area contributed by atoms with Crippen molar-refractivity contribution in [2.24, 2.45) is 0 Å². The van der Waals surface area contributed by atoms with Gasteiger partial charge in [-0.05, 0) is 24.6 Å². The Balaban J connectivity index is 2.36. The van der Waals surface area contributed by atoms with Gasteiger partial charge in [0.2, 0.25) is 5.95 Å². The zero-order valence-electron chi connectivity index (χ0n) is 9.96. The average Bonchev–Trinajstić information content (AvgIpc) is 2.36. The van der Waals surface area contributed by atoms with E-state index in [4.69, 9.17) is 11.6 Å². The smallest absolute Gasteiger partial charge is 0.224 e. The van der Waals surface area contributed by atoms with Crippen molar-refractivity contribution in [3.8, 4) is 0 Å². The quantitative estimate of drug-likeness (QED) is 0.894. The molecule has 0 radical (unpaired) electrons. The fourth-order valence-electron chi connectivity index (χ4n) is 1.44. The molecule has 1 aromatic heterocycles. The minimum atomic E-state index is -0.360. The van der Waals surface area contributed by atoms with E-state index in [-0.39, 0.29) is 5.82 Å². The Bertz CT molecular complexity index is 574. The first-order valence-electron chi connectivity index (χ1n) is 5.33. The van der Waals surface area contributed by atoms with E-state index < -0.39 is 0 Å². The Morgan fingerprint density at radius 1 is 1.33 bits per heavy atom. The average molecular weight is 267 g/mol. The lowest BCUT2D eigenvalue weighted by atomic mass is 10.2. The molecule has 0 bridgehead atoms. The normalized spacial score (nSPS) is 10.2. The summed E-state index contributed by atoms with van der Waals surface area (Å²) in [5.41, 5.74) is 1.27. The van der Waals surface area contributed by atoms with Crippen molar-refractivity contribution in [2.45, 2.75) is 6.92 Å². The monoisotopic (exact) mass is 266 g/mol. The number of aromatic nitrogens is 2. The summed E-state index contributed by atoms with van der Waals surface area (Å²) in [7, 11) is 1.69. The molecule has 18 heavy (non-hydrogen) atoms. The molecule has 4 nitrogen and oxygen atoms in total. The first-order valence-corrected chi connectivity index (χ1v) is 5.71. The van der Waals surface area contributed by atoms with Crippen LogP contribution in [0.2, 0.25) is 5.02 Å². The first-order chi connectivity index (χ1) is 8.60. The lowest BCUT2D eigenvalue weighted by Gasteiger charge is -2.10. The number of halogens is 2. The van der Waals surface area contributed by atoms with Gasteiger partial charge in [0.1, 0.15) is 10.8 Å². The minimum absolute atomic E-state index is 0.329. The van der Waals surface area contributed by atoms with E-state index >= 15 is 0 Å². The summed E-state index contributed by atoms with van der Waals surface area (Å²) in [6.45, 7) is 1.88. The first kappa shape index (κ1) is 12.6. The largest absolute Gasteiger partial charge is 0.357 e. The molecule has 0 atom stereocenters. The summed E-state index contributed by atoms with van der Waals surface area (Å²) in [5.74, 6) is 0.414. The molecule has 0 aliphatic carbocycles. The number of nitrogens with zero attached hydrogens (tertiary/aromatic N) is 2. The van der Waals surface area contributed by atoms with Gasteiger partial charge in [0.25, 0.3) is 0 Å². The molecule has 1 aromatic carbocycles. The summed E-state index contributed by atoms with van der Waals surface area (Å²) < 4.78 is 13.6. The number of benzene rings is 1. The van der Waals surface area contributed by atoms with Crippen LogP contribution in [0, 0.1) is 12.7 Å². The van der Waals surface area contributed by atoms with Crippen LogP contribution >= 0.6 is 11.6 Å². The fourth-order valence-corrected chi connectivity index (χ4v) is 1.58. The Kier molecular flexibility index (Phi) is 3.62. The molecule has 0 spiro atoms. The van der Waals surface area contributed by atoms with Gasteiger partial charge >= 0.3 is 0 Å². The van der Waals surface area contributed by atoms with Crippen molar-refractivity contribution in [2.75, 3.05) is 17.7 Å². The van der Waals surface area contributed by atoms with Crippen molar-refractivity contribution >= 4 is 29.1 Å². The van der Waals surface area contributed by atoms with Gasteiger partial charge in [-0.1, -0.05) is 17.7 Å². The van der Waals surface area contributed by atoms with Crippen LogP contribution in [-0.4, -0.2) is 17.0 Å². The molecule has 0 unspecified atom stereocenters. The third kappa shape index (κ3) is 2.68. The van der Waals surface area contributed by atoms with E-state index in [9.17, 15) is 4.39 Å². The van der Waals surface area contributed by atoms with Gasteiger partial charge in [0.15, 0.2) is 5.82 Å². The summed E-state index contributed by atoms with van der Waals surface area (Å²) in [4.78, 5) is 8.08. The van der Waals surface area contributed by atoms with Gasteiger partial charge in [0.05, 0.1) is 11.9 Å². The van der Waals surface area contributed by atoms with E-state index in [2.05, 4.69) is 20.6 Å². The van der Waals surface area contributed by atoms with E-state index in [1.54, 1.807) is 19.2 Å². The third-order valence-corrected chi connectivity index (χ3v) is 2.62. The highest BCUT2D eigenvalue weighted by atomic mass is 35.5. The Morgan fingerprint density at radius 2 is 2.11 bits per heavy atom. The SMILES string of the molecule is CNc1ncc(Cl)c(Nc2cc(C)ccc2F)n1. The lowest BCUT2D eigenvalue weighted by Crippen LogP contribution is -2.02. The maximum absolute atomic E-state index is 13.6. The third-order valence-electron chi connectivity index (χ3n) is 2.34. The van der Waals surface area contributed by atoms with Crippen molar-refractivity contribution < 1.29 is 4.39 Å². The standard InChI is InChI=1S/C12H12ClFN4/c1-7-3-4-9(14)10(5-7)17-11-8(13)6-16-12(15-2)18-11/h3-6H,1-2H3,(H2,15,16,17,18). The molecule has 2 N–H and O–H groups in total. The van der Waals surface area contributed by atoms with Crippen molar-refractivity contribution in [3.05, 3.63) is 40.8 Å². The topological polar surface area (TPSA) is 49.8 Å². The van der Waals surface area contributed by atoms with Crippen molar-refractivity contribution in [1.29, 1.82) is 0 Å². The van der Waals surface area contributed by atoms with Crippen LogP contribution in [0.15, 0.2) is 24.4 Å². The van der Waals surface area contributed by atoms with Crippen LogP contribution < -0.4 is 10.6 Å². The Morgan fingerprint density at radius 3 is 2.83 bits per heavy atom. The Hall–Kier alpha value is -1.88. The van der Waals surface area contributed by atoms with Crippen molar-refractivity contribution in [3.63, 3.8) is 0 Å². The number of rotatable bonds is 3. The number of nitrogens with one attached hydrogen (secondary N) is 2. The predicted molar refractivity (Wildman–Crippen MR) is 71.0 cm³/mol. The van der Waals surface area contributed by atoms with Crippen LogP contribution in [0.5, 0.6) is 0 Å². The Labute approximate surface area is 109 Å². The van der Waals surface area contributed by atoms with Crippen LogP contribution in [-0.2, 0) is 0 Å². The maximum atomic E-state index is 13.6. The van der Waals surface area contributed by atoms with Gasteiger partial charge in [0, 0.05) is 7.05 Å². The molecule has 0 amide bonds. The molecule has 2 aromatic rings. The second-order valence-corrected chi connectivity index (χ2v) is 4.16. The van der Waals surface area contributed by atoms with E-state index in [0.29, 0.717) is 22.5 Å². The molecule has 1 heterocycles. The summed E-state index contributed by atoms with van der Waals surface area (Å²) in [6, 6.07) is 4.78. The number of anilines is 3. The second kappa shape index (κ2) is 5.18. The zero-order chi connectivity index (χ0) is 13.1. The molecule has 0 fully saturated rings. The van der Waals surface area contributed by atoms with Gasteiger partial charge in [-0.2, -0.15) is 4.98 Å². The molecule has 6 heteroatoms. The van der Waals surface area contributed by atoms with Crippen molar-refractivity contribution in [1.82, 2.24) is 9.97 Å². The van der Waals surface area contributed by atoms with E-state index in [0.717, 1.165) is 5.56 Å². The van der Waals surface area contributed by atoms with Gasteiger partial charge < -0.3 is 10.6 Å². The minimum Gasteiger partial charge on any atom is -0.357 e. The van der Waals surface area contributed by atoms with Gasteiger partial charge in [-0.3, -0.25) is 0 Å². The second-order valence-electron chi connectivity index (χ2n) is 3.75. The van der Waals surface area contributed by atoms with E-state index in [1.807, 2.05) is 6.92 Å². The molecule has 0 aliphatic heterocycles. The summed E-state index contributed by atoms with van der Waals surface area (Å²) in [6.07, 6.45) is 1.45. The zero-order valence-corrected chi connectivity index (χ0v) is 10.7. The van der Waals surface area contributed by atoms with E-state index in [1.165, 1.54) is 12.3 Å². The van der Waals surface area contributed by atoms with Crippen LogP contribution in [0.1, 0.15) is 5.56 Å². The molecule has 0 aliphatic rings. The highest BCUT2D eigenvalue weighted by Gasteiger charge is 2.08. The molecular weight excluding hydrogens is 255 g/mol. The highest BCUT2D eigenvalue weighted by molar-refractivity contribution is 6.32. The molecule has 94 valence electrons. The lowest BCUT2D eigenvalue weighted by molar-refractivity contribution is 0.631. The van der Waals surface area contributed by atoms with Crippen LogP contribution in [0.4, 0.5) is 21.8 Å². The maximum Gasteiger partial charge on any atom is 0.224 e.